The number of fused-ring (bicyclic) bond motifs is 1. The summed E-state index contributed by atoms with van der Waals surface area (Å²) in [5.41, 5.74) is 7.13. The number of rotatable bonds is 14. The number of H-pyrrole nitrogens is 2. The van der Waals surface area contributed by atoms with Crippen molar-refractivity contribution in [1.29, 1.82) is 0 Å². The molecular weight excluding hydrogens is 649 g/mol. The third-order valence-corrected chi connectivity index (χ3v) is 8.29. The summed E-state index contributed by atoms with van der Waals surface area (Å²) in [7, 11) is 1.64. The molecule has 0 spiro atoms. The van der Waals surface area contributed by atoms with Gasteiger partial charge in [-0.1, -0.05) is 68.3 Å². The average molecular weight is 691 g/mol. The third kappa shape index (κ3) is 10.3. The summed E-state index contributed by atoms with van der Waals surface area (Å²) in [4.78, 5) is 45.8. The van der Waals surface area contributed by atoms with Crippen LogP contribution >= 0.6 is 0 Å². The Morgan fingerprint density at radius 2 is 1.62 bits per heavy atom. The van der Waals surface area contributed by atoms with Crippen LogP contribution in [-0.4, -0.2) is 51.0 Å². The second kappa shape index (κ2) is 17.3. The van der Waals surface area contributed by atoms with E-state index in [2.05, 4.69) is 45.6 Å². The number of hydrogen-bond donors (Lipinski definition) is 4. The van der Waals surface area contributed by atoms with Crippen molar-refractivity contribution in [3.8, 4) is 28.1 Å². The Bertz CT molecular complexity index is 1900. The molecule has 1 atom stereocenters. The minimum atomic E-state index is -5.08. The van der Waals surface area contributed by atoms with Gasteiger partial charge < -0.3 is 25.1 Å². The number of halogens is 3. The number of carbonyl (C=O) groups is 3. The number of amides is 1. The molecule has 0 saturated heterocycles. The molecule has 0 aliphatic rings. The smallest absolute Gasteiger partial charge is 0.490 e. The highest BCUT2D eigenvalue weighted by molar-refractivity contribution is 5.91. The van der Waals surface area contributed by atoms with E-state index in [0.717, 1.165) is 81.8 Å². The van der Waals surface area contributed by atoms with Crippen LogP contribution in [0.5, 0.6) is 5.75 Å². The molecule has 5 rings (SSSR count). The molecule has 0 unspecified atom stereocenters. The predicted molar refractivity (Wildman–Crippen MR) is 186 cm³/mol. The number of unbranched alkanes of at least 4 members (excludes halogenated alkanes) is 2. The number of carboxylic acids is 1. The highest BCUT2D eigenvalue weighted by Crippen LogP contribution is 2.29. The van der Waals surface area contributed by atoms with Gasteiger partial charge in [0.1, 0.15) is 17.4 Å². The summed E-state index contributed by atoms with van der Waals surface area (Å²) in [6.45, 7) is 3.90. The fourth-order valence-corrected chi connectivity index (χ4v) is 5.58. The van der Waals surface area contributed by atoms with Crippen LogP contribution in [0.4, 0.5) is 13.2 Å². The van der Waals surface area contributed by atoms with Crippen LogP contribution in [0.3, 0.4) is 0 Å². The molecule has 0 aliphatic carbocycles. The Labute approximate surface area is 288 Å². The van der Waals surface area contributed by atoms with Gasteiger partial charge in [0.25, 0.3) is 0 Å². The molecule has 5 aromatic rings. The number of nitrogens with one attached hydrogen (secondary N) is 3. The molecule has 0 radical (unpaired) electrons. The van der Waals surface area contributed by atoms with Crippen LogP contribution < -0.4 is 10.1 Å². The second-order valence-electron chi connectivity index (χ2n) is 11.9. The molecule has 0 saturated carbocycles. The first-order valence-corrected chi connectivity index (χ1v) is 16.4. The lowest BCUT2D eigenvalue weighted by atomic mass is 10.0. The number of aromatic nitrogens is 3. The topological polar surface area (TPSA) is 137 Å². The fourth-order valence-electron chi connectivity index (χ4n) is 5.58. The van der Waals surface area contributed by atoms with Crippen LogP contribution in [0, 0.1) is 6.92 Å². The van der Waals surface area contributed by atoms with Gasteiger partial charge in [-0.15, -0.1) is 0 Å². The summed E-state index contributed by atoms with van der Waals surface area (Å²) in [6.07, 6.45) is 1.58. The molecule has 0 bridgehead atoms. The Morgan fingerprint density at radius 3 is 2.30 bits per heavy atom. The van der Waals surface area contributed by atoms with Crippen LogP contribution in [-0.2, 0) is 20.8 Å². The lowest BCUT2D eigenvalue weighted by Crippen LogP contribution is -2.30. The fraction of sp³-hybridized carbons (Fsp3) is 0.316. The zero-order chi connectivity index (χ0) is 36.3. The van der Waals surface area contributed by atoms with Gasteiger partial charge in [0.15, 0.2) is 0 Å². The number of aryl methyl sites for hydroxylation is 1. The van der Waals surface area contributed by atoms with Crippen molar-refractivity contribution in [1.82, 2.24) is 20.3 Å². The van der Waals surface area contributed by atoms with Gasteiger partial charge in [-0.2, -0.15) is 13.2 Å². The minimum absolute atomic E-state index is 0.0676. The van der Waals surface area contributed by atoms with E-state index in [1.807, 2.05) is 62.5 Å². The van der Waals surface area contributed by atoms with E-state index in [-0.39, 0.29) is 18.4 Å². The van der Waals surface area contributed by atoms with Gasteiger partial charge in [0.2, 0.25) is 5.91 Å². The van der Waals surface area contributed by atoms with E-state index in [9.17, 15) is 22.8 Å². The SMILES string of the molecule is CCC(=O)CCCCC[C@H](NC(=O)Cc1c(C)[nH]c2ccc(OC)cc12)c1ncc(-c2cccc(-c3ccccc3)c2)[nH]1.O=C(O)C(F)(F)F. The van der Waals surface area contributed by atoms with E-state index >= 15 is 0 Å². The highest BCUT2D eigenvalue weighted by atomic mass is 19.4. The Balaban J connectivity index is 0.000000727. The van der Waals surface area contributed by atoms with Crippen LogP contribution in [0.1, 0.15) is 68.6 Å². The standard InChI is InChI=1S/C36H40N4O3.C2HF3O2/c1-4-28(41)16-9-6-10-17-33(39-35(42)22-30-24(2)38-32-19-18-29(43-3)21-31(30)32)36-37-23-34(40-36)27-15-11-14-26(20-27)25-12-7-5-8-13-25;3-2(4,5)1(6)7/h5,7-8,11-15,18-21,23,33,38H,4,6,9-10,16-17,22H2,1-3H3,(H,37,40)(H,39,42);(H,6,7)/t33-;/m0./s1. The summed E-state index contributed by atoms with van der Waals surface area (Å²) in [5, 5.41) is 11.4. The molecule has 4 N–H and O–H groups in total. The summed E-state index contributed by atoms with van der Waals surface area (Å²) >= 11 is 0. The van der Waals surface area contributed by atoms with Gasteiger partial charge in [-0.3, -0.25) is 9.59 Å². The molecule has 12 heteroatoms. The number of carbonyl (C=O) groups excluding carboxylic acids is 2. The summed E-state index contributed by atoms with van der Waals surface area (Å²) in [5.74, 6) is -1.04. The number of ketones is 1. The maximum atomic E-state index is 13.5. The second-order valence-corrected chi connectivity index (χ2v) is 11.9. The Kier molecular flexibility index (Phi) is 13.0. The van der Waals surface area contributed by atoms with E-state index in [1.165, 1.54) is 0 Å². The number of hydrogen-bond acceptors (Lipinski definition) is 5. The number of benzene rings is 3. The van der Waals surface area contributed by atoms with Crippen molar-refractivity contribution in [3.63, 3.8) is 0 Å². The van der Waals surface area contributed by atoms with Gasteiger partial charge in [-0.25, -0.2) is 9.78 Å². The first-order valence-electron chi connectivity index (χ1n) is 16.4. The zero-order valence-electron chi connectivity index (χ0n) is 28.2. The number of methoxy groups -OCH3 is 1. The first kappa shape index (κ1) is 37.4. The number of Topliss-reactive ketones (excluding diaryl/α,β-unsaturated/α-hetero) is 1. The molecule has 2 heterocycles. The Hall–Kier alpha value is -5.39. The Morgan fingerprint density at radius 1 is 0.920 bits per heavy atom. The summed E-state index contributed by atoms with van der Waals surface area (Å²) in [6, 6.07) is 24.2. The lowest BCUT2D eigenvalue weighted by Gasteiger charge is -2.17. The molecule has 0 fully saturated rings. The number of carboxylic acid groups (broad SMARTS) is 1. The van der Waals surface area contributed by atoms with Crippen molar-refractivity contribution >= 4 is 28.6 Å². The number of aliphatic carboxylic acids is 1. The van der Waals surface area contributed by atoms with Crippen LogP contribution in [0.15, 0.2) is 79.0 Å². The quantitative estimate of drug-likeness (QED) is 0.0863. The van der Waals surface area contributed by atoms with E-state index in [0.29, 0.717) is 18.6 Å². The van der Waals surface area contributed by atoms with Gasteiger partial charge in [0.05, 0.1) is 31.5 Å². The molecule has 264 valence electrons. The predicted octanol–water partition coefficient (Wildman–Crippen LogP) is 8.50. The molecule has 1 amide bonds. The number of ether oxygens (including phenoxy) is 1. The van der Waals surface area contributed by atoms with Crippen molar-refractivity contribution in [3.05, 3.63) is 96.1 Å². The van der Waals surface area contributed by atoms with E-state index < -0.39 is 12.1 Å². The molecule has 2 aromatic heterocycles. The first-order chi connectivity index (χ1) is 23.9. The van der Waals surface area contributed by atoms with E-state index in [4.69, 9.17) is 19.6 Å². The molecule has 3 aromatic carbocycles. The van der Waals surface area contributed by atoms with Crippen molar-refractivity contribution in [2.75, 3.05) is 7.11 Å². The lowest BCUT2D eigenvalue weighted by molar-refractivity contribution is -0.192. The normalized spacial score (nSPS) is 11.8. The third-order valence-electron chi connectivity index (χ3n) is 8.29. The minimum Gasteiger partial charge on any atom is -0.497 e. The van der Waals surface area contributed by atoms with Crippen LogP contribution in [0.25, 0.3) is 33.3 Å². The van der Waals surface area contributed by atoms with Crippen molar-refractivity contribution in [2.45, 2.75) is 71.0 Å². The average Bonchev–Trinajstić information content (AvgIpc) is 3.72. The van der Waals surface area contributed by atoms with Crippen molar-refractivity contribution < 1.29 is 37.4 Å². The number of aromatic amines is 2. The van der Waals surface area contributed by atoms with Gasteiger partial charge >= 0.3 is 12.1 Å². The molecule has 9 nitrogen and oxygen atoms in total. The molecular formula is C38H41F3N4O5. The monoisotopic (exact) mass is 690 g/mol. The maximum absolute atomic E-state index is 13.5. The number of nitrogens with zero attached hydrogens (tertiary/aromatic N) is 1. The highest BCUT2D eigenvalue weighted by Gasteiger charge is 2.38. The van der Waals surface area contributed by atoms with Crippen LogP contribution in [0.2, 0.25) is 0 Å². The van der Waals surface area contributed by atoms with Crippen molar-refractivity contribution in [2.24, 2.45) is 0 Å². The van der Waals surface area contributed by atoms with Gasteiger partial charge in [-0.05, 0) is 60.7 Å². The van der Waals surface area contributed by atoms with Gasteiger partial charge in [0, 0.05) is 35.0 Å². The maximum Gasteiger partial charge on any atom is 0.490 e. The van der Waals surface area contributed by atoms with E-state index in [1.54, 1.807) is 7.11 Å². The molecule has 50 heavy (non-hydrogen) atoms. The molecule has 0 aliphatic heterocycles. The number of imidazole rings is 1. The zero-order valence-corrected chi connectivity index (χ0v) is 28.2. The largest absolute Gasteiger partial charge is 0.497 e. The summed E-state index contributed by atoms with van der Waals surface area (Å²) < 4.78 is 37.2. The number of alkyl halides is 3.